The van der Waals surface area contributed by atoms with Crippen molar-refractivity contribution in [2.24, 2.45) is 23.7 Å². The van der Waals surface area contributed by atoms with Crippen LogP contribution in [0.5, 0.6) is 5.75 Å². The smallest absolute Gasteiger partial charge is 0.419 e. The molecular formula is C21H24F3O4-. The third-order valence-electron chi connectivity index (χ3n) is 6.44. The van der Waals surface area contributed by atoms with Crippen LogP contribution in [0.15, 0.2) is 18.2 Å². The van der Waals surface area contributed by atoms with Crippen molar-refractivity contribution in [3.63, 3.8) is 0 Å². The molecule has 154 valence electrons. The third-order valence-corrected chi connectivity index (χ3v) is 6.44. The standard InChI is InChI=1S/C21H25F3O4/c1-20(2,28-18-14-6-11-5-12(8-14)9-15(18)7-11)27-17-10-13(19(25)26)3-4-16(17)21(22,23)24/h3-4,10-12,14-15,18H,5-9H2,1-2H3,(H,25,26)/p-1. The van der Waals surface area contributed by atoms with Crippen LogP contribution in [0.25, 0.3) is 0 Å². The molecule has 0 heterocycles. The minimum atomic E-state index is -4.67. The molecule has 5 rings (SSSR count). The van der Waals surface area contributed by atoms with Crippen LogP contribution in [0.2, 0.25) is 0 Å². The molecule has 4 bridgehead atoms. The van der Waals surface area contributed by atoms with Crippen LogP contribution in [0.4, 0.5) is 13.2 Å². The number of halogens is 3. The maximum absolute atomic E-state index is 13.4. The fraction of sp³-hybridized carbons (Fsp3) is 0.667. The lowest BCUT2D eigenvalue weighted by atomic mass is 9.55. The van der Waals surface area contributed by atoms with Gasteiger partial charge in [0.2, 0.25) is 5.79 Å². The van der Waals surface area contributed by atoms with E-state index in [0.717, 1.165) is 49.7 Å². The number of aromatic carboxylic acids is 1. The number of benzene rings is 1. The van der Waals surface area contributed by atoms with Crippen molar-refractivity contribution in [2.45, 2.75) is 64.0 Å². The summed E-state index contributed by atoms with van der Waals surface area (Å²) in [6.07, 6.45) is 1.05. The van der Waals surface area contributed by atoms with Gasteiger partial charge in [0.1, 0.15) is 5.75 Å². The van der Waals surface area contributed by atoms with Crippen LogP contribution in [0, 0.1) is 23.7 Å². The van der Waals surface area contributed by atoms with Crippen molar-refractivity contribution in [3.8, 4) is 5.75 Å². The first-order valence-corrected chi connectivity index (χ1v) is 9.81. The topological polar surface area (TPSA) is 58.6 Å². The average Bonchev–Trinajstić information content (AvgIpc) is 2.56. The van der Waals surface area contributed by atoms with Crippen molar-refractivity contribution >= 4 is 5.97 Å². The van der Waals surface area contributed by atoms with Crippen molar-refractivity contribution in [3.05, 3.63) is 29.3 Å². The minimum Gasteiger partial charge on any atom is -0.545 e. The van der Waals surface area contributed by atoms with Gasteiger partial charge in [-0.25, -0.2) is 0 Å². The molecule has 0 aromatic heterocycles. The summed E-state index contributed by atoms with van der Waals surface area (Å²) >= 11 is 0. The molecule has 0 N–H and O–H groups in total. The monoisotopic (exact) mass is 397 g/mol. The second-order valence-corrected chi connectivity index (χ2v) is 9.01. The van der Waals surface area contributed by atoms with Gasteiger partial charge >= 0.3 is 6.18 Å². The first kappa shape index (κ1) is 19.6. The normalized spacial score (nSPS) is 31.8. The van der Waals surface area contributed by atoms with E-state index >= 15 is 0 Å². The summed E-state index contributed by atoms with van der Waals surface area (Å²) in [5.74, 6) is -1.07. The van der Waals surface area contributed by atoms with Crippen molar-refractivity contribution in [2.75, 3.05) is 0 Å². The van der Waals surface area contributed by atoms with E-state index in [1.165, 1.54) is 6.42 Å². The Morgan fingerprint density at radius 2 is 1.61 bits per heavy atom. The summed E-state index contributed by atoms with van der Waals surface area (Å²) in [6, 6.07) is 2.44. The molecule has 4 fully saturated rings. The molecule has 0 radical (unpaired) electrons. The number of hydrogen-bond acceptors (Lipinski definition) is 4. The number of hydrogen-bond donors (Lipinski definition) is 0. The van der Waals surface area contributed by atoms with Gasteiger partial charge in [0.05, 0.1) is 17.6 Å². The van der Waals surface area contributed by atoms with E-state index in [9.17, 15) is 23.1 Å². The van der Waals surface area contributed by atoms with Gasteiger partial charge in [-0.2, -0.15) is 13.2 Å². The van der Waals surface area contributed by atoms with E-state index in [1.54, 1.807) is 13.8 Å². The van der Waals surface area contributed by atoms with Crippen LogP contribution >= 0.6 is 0 Å². The Kier molecular flexibility index (Phi) is 4.64. The molecule has 1 aromatic carbocycles. The van der Waals surface area contributed by atoms with Crippen molar-refractivity contribution in [1.82, 2.24) is 0 Å². The lowest BCUT2D eigenvalue weighted by molar-refractivity contribution is -0.255. The highest BCUT2D eigenvalue weighted by molar-refractivity contribution is 5.86. The predicted molar refractivity (Wildman–Crippen MR) is 92.4 cm³/mol. The Hall–Kier alpha value is -1.76. The predicted octanol–water partition coefficient (Wildman–Crippen LogP) is 4.03. The van der Waals surface area contributed by atoms with Gasteiger partial charge in [-0.15, -0.1) is 0 Å². The molecule has 0 unspecified atom stereocenters. The Bertz CT molecular complexity index is 743. The summed E-state index contributed by atoms with van der Waals surface area (Å²) in [7, 11) is 0. The van der Waals surface area contributed by atoms with E-state index in [-0.39, 0.29) is 11.7 Å². The number of carbonyl (C=O) groups is 1. The molecule has 0 atom stereocenters. The third kappa shape index (κ3) is 3.73. The molecule has 1 aromatic rings. The number of rotatable bonds is 5. The van der Waals surface area contributed by atoms with Crippen LogP contribution in [0.1, 0.15) is 61.9 Å². The van der Waals surface area contributed by atoms with Gasteiger partial charge in [0, 0.05) is 19.4 Å². The molecule has 0 amide bonds. The van der Waals surface area contributed by atoms with Crippen LogP contribution in [0.3, 0.4) is 0 Å². The zero-order chi connectivity index (χ0) is 20.3. The summed E-state index contributed by atoms with van der Waals surface area (Å²) in [5, 5.41) is 11.1. The zero-order valence-electron chi connectivity index (χ0n) is 15.9. The summed E-state index contributed by atoms with van der Waals surface area (Å²) < 4.78 is 52.0. The molecule has 4 saturated carbocycles. The quantitative estimate of drug-likeness (QED) is 0.704. The Labute approximate surface area is 162 Å². The second kappa shape index (κ2) is 6.65. The lowest BCUT2D eigenvalue weighted by Crippen LogP contribution is -2.52. The Balaban J connectivity index is 1.56. The van der Waals surface area contributed by atoms with Gasteiger partial charge in [-0.1, -0.05) is 6.07 Å². The van der Waals surface area contributed by atoms with Gasteiger partial charge < -0.3 is 19.4 Å². The SMILES string of the molecule is CC(C)(Oc1cc(C(=O)[O-])ccc1C(F)(F)F)OC1C2CC3CC(C2)CC1C3. The number of alkyl halides is 3. The molecule has 0 saturated heterocycles. The highest BCUT2D eigenvalue weighted by Gasteiger charge is 2.50. The molecular weight excluding hydrogens is 373 g/mol. The van der Waals surface area contributed by atoms with E-state index in [0.29, 0.717) is 17.9 Å². The molecule has 4 nitrogen and oxygen atoms in total. The molecule has 7 heteroatoms. The van der Waals surface area contributed by atoms with E-state index in [4.69, 9.17) is 9.47 Å². The van der Waals surface area contributed by atoms with E-state index < -0.39 is 29.2 Å². The number of carbonyl (C=O) groups excluding carboxylic acids is 1. The molecule has 0 aliphatic heterocycles. The fourth-order valence-corrected chi connectivity index (χ4v) is 5.65. The zero-order valence-corrected chi connectivity index (χ0v) is 15.9. The summed E-state index contributed by atoms with van der Waals surface area (Å²) in [5.41, 5.74) is -1.40. The van der Waals surface area contributed by atoms with E-state index in [1.807, 2.05) is 0 Å². The van der Waals surface area contributed by atoms with E-state index in [2.05, 4.69) is 0 Å². The first-order chi connectivity index (χ1) is 13.0. The largest absolute Gasteiger partial charge is 0.545 e. The molecule has 28 heavy (non-hydrogen) atoms. The first-order valence-electron chi connectivity index (χ1n) is 9.81. The van der Waals surface area contributed by atoms with Crippen LogP contribution < -0.4 is 9.84 Å². The summed E-state index contributed by atoms with van der Waals surface area (Å²) in [6.45, 7) is 3.17. The highest BCUT2D eigenvalue weighted by Crippen LogP contribution is 2.55. The average molecular weight is 397 g/mol. The maximum atomic E-state index is 13.4. The fourth-order valence-electron chi connectivity index (χ4n) is 5.65. The Morgan fingerprint density at radius 3 is 2.11 bits per heavy atom. The van der Waals surface area contributed by atoms with Crippen LogP contribution in [-0.4, -0.2) is 17.9 Å². The molecule has 4 aliphatic rings. The van der Waals surface area contributed by atoms with Gasteiger partial charge in [0.15, 0.2) is 0 Å². The van der Waals surface area contributed by atoms with Crippen molar-refractivity contribution in [1.29, 1.82) is 0 Å². The summed E-state index contributed by atoms with van der Waals surface area (Å²) in [4.78, 5) is 11.1. The molecule has 0 spiro atoms. The highest BCUT2D eigenvalue weighted by atomic mass is 19.4. The maximum Gasteiger partial charge on any atom is 0.419 e. The number of carboxylic acid groups (broad SMARTS) is 1. The van der Waals surface area contributed by atoms with Gasteiger partial charge in [-0.3, -0.25) is 0 Å². The van der Waals surface area contributed by atoms with Crippen LogP contribution in [-0.2, 0) is 10.9 Å². The second-order valence-electron chi connectivity index (χ2n) is 9.01. The number of carboxylic acids is 1. The number of ether oxygens (including phenoxy) is 2. The molecule has 4 aliphatic carbocycles. The lowest BCUT2D eigenvalue weighted by Gasteiger charge is -2.55. The van der Waals surface area contributed by atoms with Gasteiger partial charge in [0.25, 0.3) is 0 Å². The van der Waals surface area contributed by atoms with Gasteiger partial charge in [-0.05, 0) is 67.9 Å². The van der Waals surface area contributed by atoms with Crippen molar-refractivity contribution < 1.29 is 32.5 Å². The minimum absolute atomic E-state index is 0.0264. The Morgan fingerprint density at radius 1 is 1.04 bits per heavy atom.